The lowest BCUT2D eigenvalue weighted by atomic mass is 10.1. The molecule has 1 unspecified atom stereocenters. The molecule has 0 radical (unpaired) electrons. The second-order valence-electron chi connectivity index (χ2n) is 5.97. The molecule has 0 bridgehead atoms. The van der Waals surface area contributed by atoms with Crippen LogP contribution in [0.4, 0.5) is 4.79 Å². The molecule has 1 heterocycles. The van der Waals surface area contributed by atoms with E-state index in [2.05, 4.69) is 0 Å². The van der Waals surface area contributed by atoms with Crippen LogP contribution in [0.2, 0.25) is 0 Å². The largest absolute Gasteiger partial charge is 0.447 e. The first-order valence-corrected chi connectivity index (χ1v) is 8.38. The number of hydrogen-bond acceptors (Lipinski definition) is 4. The smallest absolute Gasteiger partial charge is 0.416 e. The van der Waals surface area contributed by atoms with Gasteiger partial charge < -0.3 is 9.47 Å². The van der Waals surface area contributed by atoms with E-state index >= 15 is 0 Å². The van der Waals surface area contributed by atoms with Crippen LogP contribution >= 0.6 is 0 Å². The Morgan fingerprint density at radius 3 is 2.36 bits per heavy atom. The Morgan fingerprint density at radius 2 is 1.68 bits per heavy atom. The van der Waals surface area contributed by atoms with Gasteiger partial charge in [-0.15, -0.1) is 0 Å². The Bertz CT molecular complexity index is 702. The van der Waals surface area contributed by atoms with Crippen molar-refractivity contribution in [1.82, 2.24) is 4.90 Å². The zero-order valence-electron chi connectivity index (χ0n) is 14.0. The third-order valence-electron chi connectivity index (χ3n) is 4.12. The molecule has 2 amide bonds. The standard InChI is InChI=1S/C20H21NO4/c22-19(11-12-24-14-17-9-5-2-6-10-17)21-18(15-25-20(21)23)13-16-7-3-1-4-8-16/h1-10,18H,11-15H2. The number of cyclic esters (lactones) is 1. The average Bonchev–Trinajstić information content (AvgIpc) is 3.00. The van der Waals surface area contributed by atoms with Gasteiger partial charge in [-0.3, -0.25) is 4.79 Å². The third kappa shape index (κ3) is 4.67. The minimum absolute atomic E-state index is 0.160. The van der Waals surface area contributed by atoms with Crippen molar-refractivity contribution in [2.45, 2.75) is 25.5 Å². The zero-order valence-corrected chi connectivity index (χ0v) is 14.0. The predicted molar refractivity (Wildman–Crippen MR) is 92.8 cm³/mol. The van der Waals surface area contributed by atoms with E-state index in [4.69, 9.17) is 9.47 Å². The zero-order chi connectivity index (χ0) is 17.5. The summed E-state index contributed by atoms with van der Waals surface area (Å²) in [7, 11) is 0. The van der Waals surface area contributed by atoms with Crippen LogP contribution in [0, 0.1) is 0 Å². The molecule has 0 N–H and O–H groups in total. The first kappa shape index (κ1) is 17.2. The van der Waals surface area contributed by atoms with E-state index in [0.717, 1.165) is 11.1 Å². The quantitative estimate of drug-likeness (QED) is 0.727. The van der Waals surface area contributed by atoms with Gasteiger partial charge in [-0.05, 0) is 17.5 Å². The molecular weight excluding hydrogens is 318 g/mol. The third-order valence-corrected chi connectivity index (χ3v) is 4.12. The molecule has 25 heavy (non-hydrogen) atoms. The van der Waals surface area contributed by atoms with E-state index in [1.165, 1.54) is 4.90 Å². The Hall–Kier alpha value is -2.66. The van der Waals surface area contributed by atoms with Gasteiger partial charge in [0.2, 0.25) is 5.91 Å². The molecule has 1 saturated heterocycles. The fourth-order valence-corrected chi connectivity index (χ4v) is 2.85. The maximum atomic E-state index is 12.4. The van der Waals surface area contributed by atoms with E-state index in [9.17, 15) is 9.59 Å². The Balaban J connectivity index is 1.49. The van der Waals surface area contributed by atoms with E-state index in [1.54, 1.807) is 0 Å². The molecule has 1 atom stereocenters. The van der Waals surface area contributed by atoms with Crippen molar-refractivity contribution < 1.29 is 19.1 Å². The molecule has 1 fully saturated rings. The molecule has 130 valence electrons. The van der Waals surface area contributed by atoms with Crippen LogP contribution in [0.15, 0.2) is 60.7 Å². The molecule has 0 aliphatic carbocycles. The van der Waals surface area contributed by atoms with Gasteiger partial charge in [0.25, 0.3) is 0 Å². The van der Waals surface area contributed by atoms with Gasteiger partial charge >= 0.3 is 6.09 Å². The number of nitrogens with zero attached hydrogens (tertiary/aromatic N) is 1. The topological polar surface area (TPSA) is 55.8 Å². The lowest BCUT2D eigenvalue weighted by Gasteiger charge is -2.19. The van der Waals surface area contributed by atoms with Crippen LogP contribution in [0.1, 0.15) is 17.5 Å². The van der Waals surface area contributed by atoms with Crippen LogP contribution in [0.5, 0.6) is 0 Å². The summed E-state index contributed by atoms with van der Waals surface area (Å²) in [4.78, 5) is 25.6. The maximum Gasteiger partial charge on any atom is 0.416 e. The fraction of sp³-hybridized carbons (Fsp3) is 0.300. The highest BCUT2D eigenvalue weighted by atomic mass is 16.6. The van der Waals surface area contributed by atoms with Crippen molar-refractivity contribution in [2.24, 2.45) is 0 Å². The predicted octanol–water partition coefficient (Wildman–Crippen LogP) is 3.18. The highest BCUT2D eigenvalue weighted by molar-refractivity contribution is 5.93. The monoisotopic (exact) mass is 339 g/mol. The SMILES string of the molecule is O=C(CCOCc1ccccc1)N1C(=O)OCC1Cc1ccccc1. The maximum absolute atomic E-state index is 12.4. The molecule has 1 aliphatic heterocycles. The molecule has 5 heteroatoms. The highest BCUT2D eigenvalue weighted by Gasteiger charge is 2.37. The first-order valence-electron chi connectivity index (χ1n) is 8.38. The number of carbonyl (C=O) groups is 2. The fourth-order valence-electron chi connectivity index (χ4n) is 2.85. The van der Waals surface area contributed by atoms with Gasteiger partial charge in [0.05, 0.1) is 25.7 Å². The van der Waals surface area contributed by atoms with Crippen LogP contribution in [-0.2, 0) is 27.3 Å². The molecule has 1 aliphatic rings. The molecule has 0 saturated carbocycles. The number of ether oxygens (including phenoxy) is 2. The molecule has 2 aromatic rings. The van der Waals surface area contributed by atoms with Crippen molar-refractivity contribution in [3.05, 3.63) is 71.8 Å². The van der Waals surface area contributed by atoms with Crippen LogP contribution in [-0.4, -0.2) is 36.2 Å². The Morgan fingerprint density at radius 1 is 1.04 bits per heavy atom. The molecule has 0 aromatic heterocycles. The number of amides is 2. The van der Waals surface area contributed by atoms with E-state index < -0.39 is 6.09 Å². The second kappa shape index (κ2) is 8.44. The van der Waals surface area contributed by atoms with E-state index in [1.807, 2.05) is 60.7 Å². The van der Waals surface area contributed by atoms with Crippen LogP contribution in [0.3, 0.4) is 0 Å². The van der Waals surface area contributed by atoms with Crippen molar-refractivity contribution in [3.8, 4) is 0 Å². The number of carbonyl (C=O) groups excluding carboxylic acids is 2. The number of rotatable bonds is 7. The van der Waals surface area contributed by atoms with Crippen molar-refractivity contribution in [2.75, 3.05) is 13.2 Å². The molecule has 5 nitrogen and oxygen atoms in total. The number of hydrogen-bond donors (Lipinski definition) is 0. The molecule has 3 rings (SSSR count). The summed E-state index contributed by atoms with van der Waals surface area (Å²) >= 11 is 0. The molecule has 0 spiro atoms. The summed E-state index contributed by atoms with van der Waals surface area (Å²) in [5, 5.41) is 0. The minimum Gasteiger partial charge on any atom is -0.447 e. The number of imide groups is 1. The van der Waals surface area contributed by atoms with Crippen molar-refractivity contribution >= 4 is 12.0 Å². The van der Waals surface area contributed by atoms with Crippen molar-refractivity contribution in [1.29, 1.82) is 0 Å². The lowest BCUT2D eigenvalue weighted by molar-refractivity contribution is -0.130. The van der Waals surface area contributed by atoms with Crippen molar-refractivity contribution in [3.63, 3.8) is 0 Å². The summed E-state index contributed by atoms with van der Waals surface area (Å²) in [6.45, 7) is 0.964. The van der Waals surface area contributed by atoms with Gasteiger partial charge in [-0.1, -0.05) is 60.7 Å². The minimum atomic E-state index is -0.561. The Kier molecular flexibility index (Phi) is 5.80. The molecular formula is C20H21NO4. The normalized spacial score (nSPS) is 16.7. The lowest BCUT2D eigenvalue weighted by Crippen LogP contribution is -2.40. The summed E-state index contributed by atoms with van der Waals surface area (Å²) < 4.78 is 10.6. The van der Waals surface area contributed by atoms with Gasteiger partial charge in [0.15, 0.2) is 0 Å². The highest BCUT2D eigenvalue weighted by Crippen LogP contribution is 2.18. The summed E-state index contributed by atoms with van der Waals surface area (Å²) in [5.74, 6) is -0.253. The molecule has 2 aromatic carbocycles. The van der Waals surface area contributed by atoms with E-state index in [0.29, 0.717) is 13.0 Å². The van der Waals surface area contributed by atoms with Crippen LogP contribution < -0.4 is 0 Å². The van der Waals surface area contributed by atoms with Gasteiger partial charge in [-0.2, -0.15) is 0 Å². The summed E-state index contributed by atoms with van der Waals surface area (Å²) in [5.41, 5.74) is 2.13. The summed E-state index contributed by atoms with van der Waals surface area (Å²) in [6, 6.07) is 19.3. The number of benzene rings is 2. The second-order valence-corrected chi connectivity index (χ2v) is 5.97. The average molecular weight is 339 g/mol. The van der Waals surface area contributed by atoms with Gasteiger partial charge in [0, 0.05) is 0 Å². The Labute approximate surface area is 147 Å². The summed E-state index contributed by atoms with van der Waals surface area (Å²) in [6.07, 6.45) is 0.199. The van der Waals surface area contributed by atoms with Crippen LogP contribution in [0.25, 0.3) is 0 Å². The van der Waals surface area contributed by atoms with Gasteiger partial charge in [0.1, 0.15) is 6.61 Å². The first-order chi connectivity index (χ1) is 12.2. The van der Waals surface area contributed by atoms with Gasteiger partial charge in [-0.25, -0.2) is 9.69 Å². The van der Waals surface area contributed by atoms with E-state index in [-0.39, 0.29) is 31.6 Å².